The standard InChI is InChI=1S/C15H18N2O5S2/c1-11(12-3-2-7-22-12)16-15(18)14-13(4-10-23-14)24(19,20)17-5-8-21-9-6-17/h2-4,7,10-11H,5-6,8-9H2,1H3,(H,16,18). The molecule has 3 heterocycles. The molecule has 1 N–H and O–H groups in total. The molecule has 7 nitrogen and oxygen atoms in total. The number of carbonyl (C=O) groups is 1. The van der Waals surface area contributed by atoms with Crippen molar-refractivity contribution >= 4 is 27.3 Å². The normalized spacial score (nSPS) is 17.5. The number of nitrogens with zero attached hydrogens (tertiary/aromatic N) is 1. The van der Waals surface area contributed by atoms with E-state index in [1.807, 2.05) is 0 Å². The maximum Gasteiger partial charge on any atom is 0.263 e. The lowest BCUT2D eigenvalue weighted by molar-refractivity contribution is 0.0730. The summed E-state index contributed by atoms with van der Waals surface area (Å²) in [5, 5.41) is 4.38. The quantitative estimate of drug-likeness (QED) is 0.868. The van der Waals surface area contributed by atoms with E-state index in [0.717, 1.165) is 11.3 Å². The van der Waals surface area contributed by atoms with Gasteiger partial charge in [-0.05, 0) is 30.5 Å². The number of ether oxygens (including phenoxy) is 1. The summed E-state index contributed by atoms with van der Waals surface area (Å²) in [6.45, 7) is 3.09. The number of furan rings is 1. The van der Waals surface area contributed by atoms with Crippen LogP contribution in [0.4, 0.5) is 0 Å². The van der Waals surface area contributed by atoms with Crippen LogP contribution in [0.1, 0.15) is 28.4 Å². The van der Waals surface area contributed by atoms with Crippen molar-refractivity contribution in [3.05, 3.63) is 40.5 Å². The van der Waals surface area contributed by atoms with E-state index in [-0.39, 0.29) is 15.8 Å². The molecule has 0 bridgehead atoms. The van der Waals surface area contributed by atoms with Gasteiger partial charge in [0.2, 0.25) is 10.0 Å². The summed E-state index contributed by atoms with van der Waals surface area (Å²) in [6.07, 6.45) is 1.53. The Balaban J connectivity index is 1.80. The van der Waals surface area contributed by atoms with Gasteiger partial charge in [-0.1, -0.05) is 0 Å². The number of amides is 1. The lowest BCUT2D eigenvalue weighted by Gasteiger charge is -2.26. The predicted octanol–water partition coefficient (Wildman–Crippen LogP) is 1.85. The van der Waals surface area contributed by atoms with Crippen LogP contribution in [0.2, 0.25) is 0 Å². The molecular weight excluding hydrogens is 352 g/mol. The third kappa shape index (κ3) is 3.39. The maximum atomic E-state index is 12.8. The van der Waals surface area contributed by atoms with Crippen molar-refractivity contribution in [3.63, 3.8) is 0 Å². The Labute approximate surface area is 144 Å². The number of hydrogen-bond acceptors (Lipinski definition) is 6. The molecule has 1 aliphatic rings. The van der Waals surface area contributed by atoms with E-state index >= 15 is 0 Å². The average molecular weight is 370 g/mol. The van der Waals surface area contributed by atoms with Gasteiger partial charge in [0.1, 0.15) is 15.5 Å². The molecule has 24 heavy (non-hydrogen) atoms. The Morgan fingerprint density at radius 3 is 2.75 bits per heavy atom. The number of morpholine rings is 1. The number of rotatable bonds is 5. The molecule has 0 aromatic carbocycles. The third-order valence-electron chi connectivity index (χ3n) is 3.74. The van der Waals surface area contributed by atoms with Crippen LogP contribution in [0.15, 0.2) is 39.2 Å². The molecule has 3 rings (SSSR count). The van der Waals surface area contributed by atoms with Crippen molar-refractivity contribution in [2.24, 2.45) is 0 Å². The van der Waals surface area contributed by atoms with Crippen LogP contribution in [-0.2, 0) is 14.8 Å². The van der Waals surface area contributed by atoms with Crippen LogP contribution in [-0.4, -0.2) is 44.9 Å². The maximum absolute atomic E-state index is 12.8. The largest absolute Gasteiger partial charge is 0.467 e. The Morgan fingerprint density at radius 2 is 2.08 bits per heavy atom. The monoisotopic (exact) mass is 370 g/mol. The van der Waals surface area contributed by atoms with E-state index < -0.39 is 15.9 Å². The molecule has 0 aliphatic carbocycles. The van der Waals surface area contributed by atoms with Gasteiger partial charge in [0.05, 0.1) is 25.5 Å². The molecule has 9 heteroatoms. The summed E-state index contributed by atoms with van der Waals surface area (Å²) < 4.78 is 37.3. The second kappa shape index (κ2) is 7.06. The SMILES string of the molecule is CC(NC(=O)c1sccc1S(=O)(=O)N1CCOCC1)c1ccco1. The second-order valence-electron chi connectivity index (χ2n) is 5.34. The molecule has 2 aromatic rings. The van der Waals surface area contributed by atoms with Gasteiger partial charge in [0, 0.05) is 13.1 Å². The van der Waals surface area contributed by atoms with Gasteiger partial charge in [0.15, 0.2) is 0 Å². The van der Waals surface area contributed by atoms with Gasteiger partial charge in [-0.3, -0.25) is 4.79 Å². The fraction of sp³-hybridized carbons (Fsp3) is 0.400. The van der Waals surface area contributed by atoms with Crippen molar-refractivity contribution in [3.8, 4) is 0 Å². The van der Waals surface area contributed by atoms with Gasteiger partial charge < -0.3 is 14.5 Å². The highest BCUT2D eigenvalue weighted by atomic mass is 32.2. The van der Waals surface area contributed by atoms with Crippen molar-refractivity contribution in [2.75, 3.05) is 26.3 Å². The molecule has 1 unspecified atom stereocenters. The predicted molar refractivity (Wildman–Crippen MR) is 88.5 cm³/mol. The molecule has 2 aromatic heterocycles. The van der Waals surface area contributed by atoms with Gasteiger partial charge in [-0.2, -0.15) is 4.31 Å². The van der Waals surface area contributed by atoms with Crippen LogP contribution in [0, 0.1) is 0 Å². The number of sulfonamides is 1. The molecule has 0 radical (unpaired) electrons. The smallest absolute Gasteiger partial charge is 0.263 e. The summed E-state index contributed by atoms with van der Waals surface area (Å²) in [5.41, 5.74) is 0. The Bertz CT molecular complexity index is 792. The van der Waals surface area contributed by atoms with E-state index in [4.69, 9.17) is 9.15 Å². The summed E-state index contributed by atoms with van der Waals surface area (Å²) in [4.78, 5) is 12.7. The highest BCUT2D eigenvalue weighted by molar-refractivity contribution is 7.89. The lowest BCUT2D eigenvalue weighted by atomic mass is 10.2. The summed E-state index contributed by atoms with van der Waals surface area (Å²) in [5.74, 6) is 0.179. The zero-order chi connectivity index (χ0) is 17.2. The van der Waals surface area contributed by atoms with E-state index in [9.17, 15) is 13.2 Å². The number of carbonyl (C=O) groups excluding carboxylic acids is 1. The zero-order valence-corrected chi connectivity index (χ0v) is 14.7. The molecule has 1 fully saturated rings. The topological polar surface area (TPSA) is 88.9 Å². The van der Waals surface area contributed by atoms with Crippen molar-refractivity contribution in [1.82, 2.24) is 9.62 Å². The Kier molecular flexibility index (Phi) is 5.04. The fourth-order valence-electron chi connectivity index (χ4n) is 2.46. The minimum absolute atomic E-state index is 0.0403. The summed E-state index contributed by atoms with van der Waals surface area (Å²) in [6, 6.07) is 4.61. The van der Waals surface area contributed by atoms with Gasteiger partial charge in [-0.15, -0.1) is 11.3 Å². The molecule has 0 spiro atoms. The highest BCUT2D eigenvalue weighted by Gasteiger charge is 2.31. The van der Waals surface area contributed by atoms with Crippen LogP contribution in [0.25, 0.3) is 0 Å². The first-order valence-electron chi connectivity index (χ1n) is 7.50. The molecular formula is C15H18N2O5S2. The van der Waals surface area contributed by atoms with E-state index in [1.54, 1.807) is 24.4 Å². The molecule has 1 saturated heterocycles. The minimum Gasteiger partial charge on any atom is -0.467 e. The van der Waals surface area contributed by atoms with E-state index in [2.05, 4.69) is 5.32 Å². The highest BCUT2D eigenvalue weighted by Crippen LogP contribution is 2.26. The Hall–Kier alpha value is -1.68. The van der Waals surface area contributed by atoms with Crippen molar-refractivity contribution in [2.45, 2.75) is 17.9 Å². The van der Waals surface area contributed by atoms with Crippen LogP contribution >= 0.6 is 11.3 Å². The van der Waals surface area contributed by atoms with Gasteiger partial charge in [0.25, 0.3) is 5.91 Å². The fourth-order valence-corrected chi connectivity index (χ4v) is 5.17. The zero-order valence-electron chi connectivity index (χ0n) is 13.1. The van der Waals surface area contributed by atoms with Gasteiger partial charge >= 0.3 is 0 Å². The molecule has 1 amide bonds. The summed E-state index contributed by atoms with van der Waals surface area (Å²) >= 11 is 1.11. The molecule has 1 aliphatic heterocycles. The Morgan fingerprint density at radius 1 is 1.33 bits per heavy atom. The van der Waals surface area contributed by atoms with Crippen molar-refractivity contribution < 1.29 is 22.4 Å². The third-order valence-corrected chi connectivity index (χ3v) is 6.72. The molecule has 0 saturated carbocycles. The number of nitrogens with one attached hydrogen (secondary N) is 1. The van der Waals surface area contributed by atoms with Crippen LogP contribution in [0.3, 0.4) is 0 Å². The number of thiophene rings is 1. The average Bonchev–Trinajstić information content (AvgIpc) is 3.27. The first kappa shape index (κ1) is 17.2. The number of hydrogen-bond donors (Lipinski definition) is 1. The van der Waals surface area contributed by atoms with E-state index in [1.165, 1.54) is 16.6 Å². The lowest BCUT2D eigenvalue weighted by Crippen LogP contribution is -2.41. The van der Waals surface area contributed by atoms with E-state index in [0.29, 0.717) is 32.1 Å². The molecule has 1 atom stereocenters. The minimum atomic E-state index is -3.70. The first-order valence-corrected chi connectivity index (χ1v) is 9.82. The second-order valence-corrected chi connectivity index (χ2v) is 8.16. The van der Waals surface area contributed by atoms with Crippen LogP contribution < -0.4 is 5.32 Å². The summed E-state index contributed by atoms with van der Waals surface area (Å²) in [7, 11) is -3.70. The van der Waals surface area contributed by atoms with Crippen LogP contribution in [0.5, 0.6) is 0 Å². The van der Waals surface area contributed by atoms with Crippen molar-refractivity contribution in [1.29, 1.82) is 0 Å². The molecule has 130 valence electrons. The first-order chi connectivity index (χ1) is 11.5. The van der Waals surface area contributed by atoms with Gasteiger partial charge in [-0.25, -0.2) is 8.42 Å².